The molecule has 2 rings (SSSR count). The van der Waals surface area contributed by atoms with Gasteiger partial charge in [-0.1, -0.05) is 19.3 Å². The highest BCUT2D eigenvalue weighted by Crippen LogP contribution is 2.29. The molecule has 2 aliphatic rings. The number of likely N-dealkylation sites (N-methyl/N-ethyl adjacent to an activating group) is 1. The number of piperazine rings is 1. The molecule has 1 saturated heterocycles. The van der Waals surface area contributed by atoms with Crippen LogP contribution in [0.25, 0.3) is 0 Å². The maximum absolute atomic E-state index is 6.01. The molecule has 3 heteroatoms. The van der Waals surface area contributed by atoms with E-state index in [1.165, 1.54) is 58.3 Å². The molecule has 0 aromatic rings. The van der Waals surface area contributed by atoms with E-state index < -0.39 is 0 Å². The fourth-order valence-electron chi connectivity index (χ4n) is 3.31. The highest BCUT2D eigenvalue weighted by Gasteiger charge is 2.29. The number of hydrogen-bond donors (Lipinski definition) is 1. The summed E-state index contributed by atoms with van der Waals surface area (Å²) in [5.41, 5.74) is 6.01. The predicted octanol–water partition coefficient (Wildman–Crippen LogP) is 1.14. The molecule has 0 amide bonds. The Kier molecular flexibility index (Phi) is 4.62. The summed E-state index contributed by atoms with van der Waals surface area (Å²) in [6, 6.07) is 0.661. The molecule has 16 heavy (non-hydrogen) atoms. The minimum absolute atomic E-state index is 0.661. The minimum atomic E-state index is 0.661. The van der Waals surface area contributed by atoms with Gasteiger partial charge in [-0.05, 0) is 25.8 Å². The van der Waals surface area contributed by atoms with E-state index in [0.29, 0.717) is 6.04 Å². The zero-order chi connectivity index (χ0) is 11.4. The maximum Gasteiger partial charge on any atom is 0.0247 e. The number of nitrogens with two attached hydrogens (primary N) is 1. The van der Waals surface area contributed by atoms with Crippen LogP contribution in [-0.4, -0.2) is 55.6 Å². The van der Waals surface area contributed by atoms with Gasteiger partial charge in [-0.3, -0.25) is 4.90 Å². The molecule has 1 saturated carbocycles. The quantitative estimate of drug-likeness (QED) is 0.782. The summed E-state index contributed by atoms with van der Waals surface area (Å²) in [4.78, 5) is 5.07. The molecule has 2 fully saturated rings. The summed E-state index contributed by atoms with van der Waals surface area (Å²) >= 11 is 0. The standard InChI is InChI=1S/C13H27N3/c1-15-7-9-16(10-8-15)13(11-14)12-5-3-2-4-6-12/h12-13H,2-11,14H2,1H3. The van der Waals surface area contributed by atoms with E-state index in [2.05, 4.69) is 16.8 Å². The van der Waals surface area contributed by atoms with E-state index in [-0.39, 0.29) is 0 Å². The number of nitrogens with zero attached hydrogens (tertiary/aromatic N) is 2. The summed E-state index contributed by atoms with van der Waals surface area (Å²) in [6.45, 7) is 5.71. The molecule has 0 aromatic heterocycles. The zero-order valence-corrected chi connectivity index (χ0v) is 10.7. The van der Waals surface area contributed by atoms with Crippen LogP contribution in [0.1, 0.15) is 32.1 Å². The van der Waals surface area contributed by atoms with Crippen molar-refractivity contribution in [1.29, 1.82) is 0 Å². The van der Waals surface area contributed by atoms with E-state index in [1.54, 1.807) is 0 Å². The smallest absolute Gasteiger partial charge is 0.0247 e. The van der Waals surface area contributed by atoms with Crippen molar-refractivity contribution < 1.29 is 0 Å². The molecule has 0 spiro atoms. The van der Waals surface area contributed by atoms with Gasteiger partial charge < -0.3 is 10.6 Å². The molecule has 1 atom stereocenters. The molecule has 0 radical (unpaired) electrons. The first-order chi connectivity index (χ1) is 7.81. The van der Waals surface area contributed by atoms with E-state index in [1.807, 2.05) is 0 Å². The van der Waals surface area contributed by atoms with E-state index >= 15 is 0 Å². The molecule has 2 N–H and O–H groups in total. The Hall–Kier alpha value is -0.120. The lowest BCUT2D eigenvalue weighted by atomic mass is 9.83. The van der Waals surface area contributed by atoms with Crippen molar-refractivity contribution >= 4 is 0 Å². The van der Waals surface area contributed by atoms with Crippen LogP contribution in [0.4, 0.5) is 0 Å². The summed E-state index contributed by atoms with van der Waals surface area (Å²) in [7, 11) is 2.22. The molecule has 3 nitrogen and oxygen atoms in total. The normalized spacial score (nSPS) is 28.1. The third-order valence-electron chi connectivity index (χ3n) is 4.44. The Labute approximate surface area is 100.0 Å². The van der Waals surface area contributed by atoms with Crippen LogP contribution in [0.5, 0.6) is 0 Å². The summed E-state index contributed by atoms with van der Waals surface area (Å²) < 4.78 is 0. The highest BCUT2D eigenvalue weighted by molar-refractivity contribution is 4.85. The molecule has 1 unspecified atom stereocenters. The fraction of sp³-hybridized carbons (Fsp3) is 1.00. The van der Waals surface area contributed by atoms with Gasteiger partial charge in [0.15, 0.2) is 0 Å². The Balaban J connectivity index is 1.88. The summed E-state index contributed by atoms with van der Waals surface area (Å²) in [5.74, 6) is 0.877. The van der Waals surface area contributed by atoms with Crippen LogP contribution in [-0.2, 0) is 0 Å². The van der Waals surface area contributed by atoms with Crippen LogP contribution in [0.15, 0.2) is 0 Å². The van der Waals surface area contributed by atoms with Crippen LogP contribution < -0.4 is 5.73 Å². The second-order valence-electron chi connectivity index (χ2n) is 5.54. The third-order valence-corrected chi connectivity index (χ3v) is 4.44. The first kappa shape index (κ1) is 12.3. The topological polar surface area (TPSA) is 32.5 Å². The van der Waals surface area contributed by atoms with Gasteiger partial charge in [0.2, 0.25) is 0 Å². The predicted molar refractivity (Wildman–Crippen MR) is 68.5 cm³/mol. The molecular weight excluding hydrogens is 198 g/mol. The van der Waals surface area contributed by atoms with Crippen molar-refractivity contribution in [2.75, 3.05) is 39.8 Å². The third kappa shape index (κ3) is 2.96. The lowest BCUT2D eigenvalue weighted by Crippen LogP contribution is -2.54. The summed E-state index contributed by atoms with van der Waals surface area (Å²) in [5, 5.41) is 0. The van der Waals surface area contributed by atoms with Crippen molar-refractivity contribution in [3.63, 3.8) is 0 Å². The lowest BCUT2D eigenvalue weighted by molar-refractivity contribution is 0.0718. The van der Waals surface area contributed by atoms with E-state index in [0.717, 1.165) is 12.5 Å². The van der Waals surface area contributed by atoms with Crippen molar-refractivity contribution in [1.82, 2.24) is 9.80 Å². The van der Waals surface area contributed by atoms with Crippen molar-refractivity contribution in [3.8, 4) is 0 Å². The molecular formula is C13H27N3. The second-order valence-corrected chi connectivity index (χ2v) is 5.54. The largest absolute Gasteiger partial charge is 0.329 e. The van der Waals surface area contributed by atoms with Gasteiger partial charge in [-0.2, -0.15) is 0 Å². The Morgan fingerprint density at radius 1 is 1.06 bits per heavy atom. The highest BCUT2D eigenvalue weighted by atomic mass is 15.3. The Bertz CT molecular complexity index is 193. The van der Waals surface area contributed by atoms with Crippen LogP contribution in [0.2, 0.25) is 0 Å². The van der Waals surface area contributed by atoms with Gasteiger partial charge >= 0.3 is 0 Å². The van der Waals surface area contributed by atoms with Gasteiger partial charge in [0.05, 0.1) is 0 Å². The summed E-state index contributed by atoms with van der Waals surface area (Å²) in [6.07, 6.45) is 7.11. The SMILES string of the molecule is CN1CCN(C(CN)C2CCCCC2)CC1. The first-order valence-electron chi connectivity index (χ1n) is 6.94. The van der Waals surface area contributed by atoms with Crippen molar-refractivity contribution in [2.45, 2.75) is 38.1 Å². The van der Waals surface area contributed by atoms with E-state index in [9.17, 15) is 0 Å². The van der Waals surface area contributed by atoms with Gasteiger partial charge in [-0.25, -0.2) is 0 Å². The van der Waals surface area contributed by atoms with Crippen LogP contribution >= 0.6 is 0 Å². The van der Waals surface area contributed by atoms with Gasteiger partial charge in [0.25, 0.3) is 0 Å². The number of rotatable bonds is 3. The molecule has 94 valence electrons. The van der Waals surface area contributed by atoms with Crippen molar-refractivity contribution in [3.05, 3.63) is 0 Å². The molecule has 0 bridgehead atoms. The molecule has 1 aliphatic heterocycles. The van der Waals surface area contributed by atoms with Crippen LogP contribution in [0.3, 0.4) is 0 Å². The fourth-order valence-corrected chi connectivity index (χ4v) is 3.31. The average Bonchev–Trinajstić information content (AvgIpc) is 2.34. The Morgan fingerprint density at radius 2 is 1.69 bits per heavy atom. The van der Waals surface area contributed by atoms with Crippen LogP contribution in [0, 0.1) is 5.92 Å². The maximum atomic E-state index is 6.01. The second kappa shape index (κ2) is 5.99. The molecule has 0 aromatic carbocycles. The van der Waals surface area contributed by atoms with Gasteiger partial charge in [0, 0.05) is 38.8 Å². The van der Waals surface area contributed by atoms with Crippen molar-refractivity contribution in [2.24, 2.45) is 11.7 Å². The number of hydrogen-bond acceptors (Lipinski definition) is 3. The van der Waals surface area contributed by atoms with E-state index in [4.69, 9.17) is 5.73 Å². The zero-order valence-electron chi connectivity index (χ0n) is 10.7. The molecule has 1 aliphatic carbocycles. The lowest BCUT2D eigenvalue weighted by Gasteiger charge is -2.42. The minimum Gasteiger partial charge on any atom is -0.329 e. The monoisotopic (exact) mass is 225 g/mol. The average molecular weight is 225 g/mol. The Morgan fingerprint density at radius 3 is 2.25 bits per heavy atom. The molecule has 1 heterocycles. The first-order valence-corrected chi connectivity index (χ1v) is 6.94. The van der Waals surface area contributed by atoms with Gasteiger partial charge in [-0.15, -0.1) is 0 Å². The van der Waals surface area contributed by atoms with Gasteiger partial charge in [0.1, 0.15) is 0 Å².